The van der Waals surface area contributed by atoms with E-state index in [2.05, 4.69) is 10.0 Å². The third kappa shape index (κ3) is 6.06. The molecular formula is C26H27N3O5S. The van der Waals surface area contributed by atoms with E-state index in [1.807, 2.05) is 67.6 Å². The maximum Gasteiger partial charge on any atom is 0.420 e. The van der Waals surface area contributed by atoms with Crippen molar-refractivity contribution in [1.82, 2.24) is 14.6 Å². The van der Waals surface area contributed by atoms with Crippen molar-refractivity contribution in [2.75, 3.05) is 0 Å². The number of carbonyl (C=O) groups is 1. The number of aromatic nitrogens is 1. The minimum absolute atomic E-state index is 0.0276. The van der Waals surface area contributed by atoms with Gasteiger partial charge >= 0.3 is 5.76 Å². The Morgan fingerprint density at radius 3 is 2.29 bits per heavy atom. The fourth-order valence-corrected chi connectivity index (χ4v) is 4.87. The third-order valence-corrected chi connectivity index (χ3v) is 7.14. The Hall–Kier alpha value is -3.69. The van der Waals surface area contributed by atoms with E-state index in [1.54, 1.807) is 0 Å². The second-order valence-corrected chi connectivity index (χ2v) is 10.0. The largest absolute Gasteiger partial charge is 0.420 e. The summed E-state index contributed by atoms with van der Waals surface area (Å²) in [6.45, 7) is 1.89. The molecule has 1 amide bonds. The molecule has 4 rings (SSSR count). The lowest BCUT2D eigenvalue weighted by Gasteiger charge is -2.17. The SMILES string of the molecule is CC[C@@H](Cc1ccccc1)NC(=O)Cn1c(=O)oc2cc(S(=O)(=O)NCc3ccccc3)ccc21. The molecule has 8 nitrogen and oxygen atoms in total. The van der Waals surface area contributed by atoms with Crippen LogP contribution in [0.25, 0.3) is 11.1 Å². The molecule has 0 saturated heterocycles. The molecule has 3 aromatic carbocycles. The van der Waals surface area contributed by atoms with Gasteiger partial charge in [-0.1, -0.05) is 67.6 Å². The van der Waals surface area contributed by atoms with Crippen molar-refractivity contribution in [3.05, 3.63) is 101 Å². The van der Waals surface area contributed by atoms with E-state index in [9.17, 15) is 18.0 Å². The Morgan fingerprint density at radius 1 is 0.971 bits per heavy atom. The Balaban J connectivity index is 1.47. The highest BCUT2D eigenvalue weighted by atomic mass is 32.2. The van der Waals surface area contributed by atoms with Gasteiger partial charge in [0, 0.05) is 18.7 Å². The van der Waals surface area contributed by atoms with Crippen molar-refractivity contribution in [2.45, 2.75) is 43.8 Å². The molecule has 0 spiro atoms. The van der Waals surface area contributed by atoms with E-state index >= 15 is 0 Å². The molecule has 1 heterocycles. The second kappa shape index (κ2) is 10.7. The van der Waals surface area contributed by atoms with E-state index < -0.39 is 15.8 Å². The molecule has 182 valence electrons. The zero-order chi connectivity index (χ0) is 24.8. The van der Waals surface area contributed by atoms with Gasteiger partial charge in [0.15, 0.2) is 5.58 Å². The first-order valence-corrected chi connectivity index (χ1v) is 12.8. The first-order chi connectivity index (χ1) is 16.9. The number of carbonyl (C=O) groups excluding carboxylic acids is 1. The fourth-order valence-electron chi connectivity index (χ4n) is 3.83. The zero-order valence-corrected chi connectivity index (χ0v) is 20.1. The summed E-state index contributed by atoms with van der Waals surface area (Å²) < 4.78 is 34.4. The van der Waals surface area contributed by atoms with Crippen LogP contribution in [0.1, 0.15) is 24.5 Å². The van der Waals surface area contributed by atoms with Crippen LogP contribution in [0.5, 0.6) is 0 Å². The summed E-state index contributed by atoms with van der Waals surface area (Å²) in [5.74, 6) is -1.04. The molecule has 4 aromatic rings. The number of sulfonamides is 1. The third-order valence-electron chi connectivity index (χ3n) is 5.74. The lowest BCUT2D eigenvalue weighted by molar-refractivity contribution is -0.122. The average Bonchev–Trinajstić information content (AvgIpc) is 3.17. The molecule has 9 heteroatoms. The number of hydrogen-bond acceptors (Lipinski definition) is 5. The number of hydrogen-bond donors (Lipinski definition) is 2. The Kier molecular flexibility index (Phi) is 7.48. The maximum atomic E-state index is 12.7. The van der Waals surface area contributed by atoms with Gasteiger partial charge in [0.05, 0.1) is 10.4 Å². The molecule has 1 aromatic heterocycles. The van der Waals surface area contributed by atoms with Crippen LogP contribution in [-0.4, -0.2) is 24.9 Å². The minimum Gasteiger partial charge on any atom is -0.408 e. The highest BCUT2D eigenvalue weighted by Gasteiger charge is 2.19. The first-order valence-electron chi connectivity index (χ1n) is 11.4. The number of rotatable bonds is 10. The van der Waals surface area contributed by atoms with Gasteiger partial charge in [-0.25, -0.2) is 17.9 Å². The van der Waals surface area contributed by atoms with Crippen LogP contribution in [0.2, 0.25) is 0 Å². The lowest BCUT2D eigenvalue weighted by atomic mass is 10.0. The van der Waals surface area contributed by atoms with Gasteiger partial charge in [-0.05, 0) is 36.1 Å². The molecule has 0 saturated carbocycles. The van der Waals surface area contributed by atoms with Crippen LogP contribution in [0.3, 0.4) is 0 Å². The smallest absolute Gasteiger partial charge is 0.408 e. The van der Waals surface area contributed by atoms with Crippen molar-refractivity contribution < 1.29 is 17.6 Å². The minimum atomic E-state index is -3.83. The molecule has 2 N–H and O–H groups in total. The van der Waals surface area contributed by atoms with Crippen molar-refractivity contribution in [3.63, 3.8) is 0 Å². The van der Waals surface area contributed by atoms with Crippen LogP contribution in [0.4, 0.5) is 0 Å². The van der Waals surface area contributed by atoms with Crippen LogP contribution >= 0.6 is 0 Å². The Bertz CT molecular complexity index is 1460. The second-order valence-electron chi connectivity index (χ2n) is 8.26. The van der Waals surface area contributed by atoms with Gasteiger partial charge in [-0.3, -0.25) is 9.36 Å². The summed E-state index contributed by atoms with van der Waals surface area (Å²) in [7, 11) is -3.83. The maximum absolute atomic E-state index is 12.7. The van der Waals surface area contributed by atoms with Gasteiger partial charge in [-0.2, -0.15) is 0 Å². The Labute approximate surface area is 203 Å². The van der Waals surface area contributed by atoms with E-state index in [4.69, 9.17) is 4.42 Å². The van der Waals surface area contributed by atoms with Gasteiger partial charge < -0.3 is 9.73 Å². The van der Waals surface area contributed by atoms with Crippen LogP contribution in [0.15, 0.2) is 93.0 Å². The van der Waals surface area contributed by atoms with E-state index in [0.717, 1.165) is 17.5 Å². The predicted molar refractivity (Wildman–Crippen MR) is 133 cm³/mol. The molecule has 1 atom stereocenters. The summed E-state index contributed by atoms with van der Waals surface area (Å²) in [6.07, 6.45) is 1.42. The van der Waals surface area contributed by atoms with Crippen LogP contribution < -0.4 is 15.8 Å². The van der Waals surface area contributed by atoms with Gasteiger partial charge in [0.25, 0.3) is 0 Å². The number of fused-ring (bicyclic) bond motifs is 1. The quantitative estimate of drug-likeness (QED) is 0.353. The molecular weight excluding hydrogens is 466 g/mol. The highest BCUT2D eigenvalue weighted by molar-refractivity contribution is 7.89. The predicted octanol–water partition coefficient (Wildman–Crippen LogP) is 3.21. The first kappa shape index (κ1) is 24.4. The molecule has 0 aliphatic carbocycles. The van der Waals surface area contributed by atoms with E-state index in [0.29, 0.717) is 11.9 Å². The molecule has 0 fully saturated rings. The van der Waals surface area contributed by atoms with Crippen molar-refractivity contribution in [1.29, 1.82) is 0 Å². The zero-order valence-electron chi connectivity index (χ0n) is 19.3. The van der Waals surface area contributed by atoms with Crippen molar-refractivity contribution in [2.24, 2.45) is 0 Å². The monoisotopic (exact) mass is 493 g/mol. The van der Waals surface area contributed by atoms with Crippen LogP contribution in [-0.2, 0) is 34.3 Å². The van der Waals surface area contributed by atoms with Crippen molar-refractivity contribution >= 4 is 27.0 Å². The summed E-state index contributed by atoms with van der Waals surface area (Å²) >= 11 is 0. The van der Waals surface area contributed by atoms with Gasteiger partial charge in [0.2, 0.25) is 15.9 Å². The normalized spacial score (nSPS) is 12.5. The standard InChI is InChI=1S/C26H27N3O5S/c1-2-21(15-19-9-5-3-6-10-19)28-25(30)18-29-23-14-13-22(16-24(23)34-26(29)31)35(32,33)27-17-20-11-7-4-8-12-20/h3-14,16,21,27H,2,15,17-18H2,1H3,(H,28,30)/t21-/m0/s1. The highest BCUT2D eigenvalue weighted by Crippen LogP contribution is 2.19. The van der Waals surface area contributed by atoms with Crippen molar-refractivity contribution in [3.8, 4) is 0 Å². The molecule has 0 unspecified atom stereocenters. The fraction of sp³-hybridized carbons (Fsp3) is 0.231. The van der Waals surface area contributed by atoms with Gasteiger partial charge in [-0.15, -0.1) is 0 Å². The molecule has 0 radical (unpaired) electrons. The summed E-state index contributed by atoms with van der Waals surface area (Å²) in [5, 5.41) is 2.97. The summed E-state index contributed by atoms with van der Waals surface area (Å²) in [5.41, 5.74) is 2.38. The molecule has 0 aliphatic heterocycles. The lowest BCUT2D eigenvalue weighted by Crippen LogP contribution is -2.39. The number of benzene rings is 3. The molecule has 0 aliphatic rings. The summed E-state index contributed by atoms with van der Waals surface area (Å²) in [4.78, 5) is 25.1. The van der Waals surface area contributed by atoms with Gasteiger partial charge in [0.1, 0.15) is 6.54 Å². The average molecular weight is 494 g/mol. The Morgan fingerprint density at radius 2 is 1.63 bits per heavy atom. The number of nitrogens with zero attached hydrogens (tertiary/aromatic N) is 1. The number of nitrogens with one attached hydrogen (secondary N) is 2. The van der Waals surface area contributed by atoms with E-state index in [1.165, 1.54) is 22.8 Å². The topological polar surface area (TPSA) is 110 Å². The number of oxazole rings is 1. The number of amides is 1. The van der Waals surface area contributed by atoms with Crippen LogP contribution in [0, 0.1) is 0 Å². The van der Waals surface area contributed by atoms with E-state index in [-0.39, 0.29) is 35.5 Å². The summed E-state index contributed by atoms with van der Waals surface area (Å²) in [6, 6.07) is 23.1. The molecule has 0 bridgehead atoms. The molecule has 35 heavy (non-hydrogen) atoms.